The molecule has 3 aromatic carbocycles. The zero-order valence-electron chi connectivity index (χ0n) is 18.9. The van der Waals surface area contributed by atoms with Crippen molar-refractivity contribution in [2.45, 2.75) is 24.7 Å². The molecule has 0 unspecified atom stereocenters. The van der Waals surface area contributed by atoms with Gasteiger partial charge >= 0.3 is 0 Å². The van der Waals surface area contributed by atoms with Gasteiger partial charge in [0.15, 0.2) is 0 Å². The number of nitrogens with zero attached hydrogens (tertiary/aromatic N) is 1. The number of hydrogen-bond donors (Lipinski definition) is 2. The van der Waals surface area contributed by atoms with Crippen molar-refractivity contribution in [2.24, 2.45) is 0 Å². The highest BCUT2D eigenvalue weighted by Crippen LogP contribution is 2.21. The van der Waals surface area contributed by atoms with E-state index in [0.29, 0.717) is 23.5 Å². The third-order valence-corrected chi connectivity index (χ3v) is 7.62. The molecule has 10 heteroatoms. The number of carbonyl (C=O) groups is 1. The van der Waals surface area contributed by atoms with Crippen LogP contribution in [0.2, 0.25) is 0 Å². The number of aryl methyl sites for hydroxylation is 1. The molecule has 0 bridgehead atoms. The molecule has 0 aliphatic rings. The molecule has 0 spiro atoms. The molecule has 2 N–H and O–H groups in total. The Labute approximate surface area is 200 Å². The third kappa shape index (κ3) is 6.82. The number of benzene rings is 3. The van der Waals surface area contributed by atoms with Gasteiger partial charge < -0.3 is 5.32 Å². The van der Waals surface area contributed by atoms with Crippen LogP contribution in [0.5, 0.6) is 0 Å². The second-order valence-electron chi connectivity index (χ2n) is 7.77. The smallest absolute Gasteiger partial charge is 0.261 e. The van der Waals surface area contributed by atoms with Gasteiger partial charge in [0.2, 0.25) is 15.9 Å². The molecular formula is C24H27N3O5S2. The number of sulfonamides is 2. The maximum atomic E-state index is 12.6. The lowest BCUT2D eigenvalue weighted by atomic mass is 10.2. The Morgan fingerprint density at radius 2 is 1.47 bits per heavy atom. The topological polar surface area (TPSA) is 113 Å². The number of para-hydroxylation sites is 2. The zero-order valence-corrected chi connectivity index (χ0v) is 20.6. The van der Waals surface area contributed by atoms with Gasteiger partial charge in [0, 0.05) is 18.7 Å². The number of nitrogens with one attached hydrogen (secondary N) is 2. The van der Waals surface area contributed by atoms with Gasteiger partial charge in [0.1, 0.15) is 0 Å². The maximum absolute atomic E-state index is 12.6. The molecule has 0 aliphatic heterocycles. The molecule has 1 amide bonds. The zero-order chi connectivity index (χ0) is 24.8. The third-order valence-electron chi connectivity index (χ3n) is 5.05. The highest BCUT2D eigenvalue weighted by Gasteiger charge is 2.18. The van der Waals surface area contributed by atoms with Crippen molar-refractivity contribution in [1.82, 2.24) is 0 Å². The molecule has 0 fully saturated rings. The Morgan fingerprint density at radius 3 is 2.09 bits per heavy atom. The Morgan fingerprint density at radius 1 is 0.853 bits per heavy atom. The van der Waals surface area contributed by atoms with Crippen molar-refractivity contribution < 1.29 is 21.6 Å². The van der Waals surface area contributed by atoms with Crippen LogP contribution in [-0.2, 0) is 24.8 Å². The molecule has 0 atom stereocenters. The lowest BCUT2D eigenvalue weighted by Crippen LogP contribution is -2.31. The molecule has 180 valence electrons. The number of carbonyl (C=O) groups excluding carboxylic acids is 1. The summed E-state index contributed by atoms with van der Waals surface area (Å²) in [4.78, 5) is 12.4. The molecule has 0 heterocycles. The van der Waals surface area contributed by atoms with Crippen molar-refractivity contribution in [3.8, 4) is 0 Å². The van der Waals surface area contributed by atoms with Gasteiger partial charge in [0.05, 0.1) is 22.5 Å². The van der Waals surface area contributed by atoms with Gasteiger partial charge in [-0.1, -0.05) is 36.4 Å². The Kier molecular flexibility index (Phi) is 7.95. The Balaban J connectivity index is 1.57. The molecule has 0 saturated heterocycles. The first kappa shape index (κ1) is 25.3. The van der Waals surface area contributed by atoms with Crippen molar-refractivity contribution in [3.63, 3.8) is 0 Å². The average Bonchev–Trinajstić information content (AvgIpc) is 2.78. The Bertz CT molecular complexity index is 1340. The van der Waals surface area contributed by atoms with Gasteiger partial charge in [-0.05, 0) is 61.4 Å². The maximum Gasteiger partial charge on any atom is 0.261 e. The molecule has 0 saturated carbocycles. The first-order valence-corrected chi connectivity index (χ1v) is 13.9. The monoisotopic (exact) mass is 501 g/mol. The summed E-state index contributed by atoms with van der Waals surface area (Å²) in [6.07, 6.45) is 1.55. The number of amides is 1. The summed E-state index contributed by atoms with van der Waals surface area (Å²) in [6, 6.07) is 21.6. The molecule has 3 rings (SSSR count). The van der Waals surface area contributed by atoms with E-state index < -0.39 is 20.0 Å². The van der Waals surface area contributed by atoms with E-state index in [1.807, 2.05) is 19.1 Å². The molecule has 0 aromatic heterocycles. The van der Waals surface area contributed by atoms with E-state index in [4.69, 9.17) is 0 Å². The van der Waals surface area contributed by atoms with Crippen LogP contribution < -0.4 is 14.3 Å². The van der Waals surface area contributed by atoms with Gasteiger partial charge in [-0.2, -0.15) is 0 Å². The van der Waals surface area contributed by atoms with E-state index in [1.54, 1.807) is 42.5 Å². The summed E-state index contributed by atoms with van der Waals surface area (Å²) in [7, 11) is -7.25. The van der Waals surface area contributed by atoms with Crippen LogP contribution in [0.15, 0.2) is 83.8 Å². The summed E-state index contributed by atoms with van der Waals surface area (Å²) >= 11 is 0. The summed E-state index contributed by atoms with van der Waals surface area (Å²) in [5.41, 5.74) is 2.29. The van der Waals surface area contributed by atoms with Crippen molar-refractivity contribution in [1.29, 1.82) is 0 Å². The fourth-order valence-corrected chi connectivity index (χ4v) is 5.39. The predicted molar refractivity (Wildman–Crippen MR) is 135 cm³/mol. The van der Waals surface area contributed by atoms with Crippen LogP contribution in [0.25, 0.3) is 0 Å². The number of anilines is 3. The highest BCUT2D eigenvalue weighted by atomic mass is 32.2. The van der Waals surface area contributed by atoms with Crippen LogP contribution in [0.1, 0.15) is 18.4 Å². The SMILES string of the molecule is Cc1ccccc1NS(=O)(=O)c1ccc(NC(=O)CCCN(c2ccccc2)S(C)(=O)=O)cc1. The van der Waals surface area contributed by atoms with Gasteiger partial charge in [0.25, 0.3) is 10.0 Å². The Hall–Kier alpha value is -3.37. The molecule has 0 radical (unpaired) electrons. The first-order valence-electron chi connectivity index (χ1n) is 10.6. The van der Waals surface area contributed by atoms with Gasteiger partial charge in [-0.3, -0.25) is 13.8 Å². The standard InChI is InChI=1S/C24H27N3O5S2/c1-19-9-6-7-12-23(19)26-34(31,32)22-16-14-20(15-17-22)25-24(28)13-8-18-27(33(2,29)30)21-10-4-3-5-11-21/h3-7,9-12,14-17,26H,8,13,18H2,1-2H3,(H,25,28). The van der Waals surface area contributed by atoms with Gasteiger partial charge in [-0.15, -0.1) is 0 Å². The van der Waals surface area contributed by atoms with Crippen LogP contribution in [0, 0.1) is 6.92 Å². The fraction of sp³-hybridized carbons (Fsp3) is 0.208. The van der Waals surface area contributed by atoms with Crippen molar-refractivity contribution in [3.05, 3.63) is 84.4 Å². The fourth-order valence-electron chi connectivity index (χ4n) is 3.30. The summed E-state index contributed by atoms with van der Waals surface area (Å²) < 4.78 is 53.3. The minimum absolute atomic E-state index is 0.0698. The average molecular weight is 502 g/mol. The number of hydrogen-bond acceptors (Lipinski definition) is 5. The molecule has 0 aliphatic carbocycles. The highest BCUT2D eigenvalue weighted by molar-refractivity contribution is 7.92. The van der Waals surface area contributed by atoms with Crippen LogP contribution in [0.4, 0.5) is 17.1 Å². The summed E-state index contributed by atoms with van der Waals surface area (Å²) in [6.45, 7) is 1.98. The lowest BCUT2D eigenvalue weighted by molar-refractivity contribution is -0.116. The van der Waals surface area contributed by atoms with E-state index in [1.165, 1.54) is 28.6 Å². The molecule has 3 aromatic rings. The lowest BCUT2D eigenvalue weighted by Gasteiger charge is -2.22. The molecule has 34 heavy (non-hydrogen) atoms. The number of rotatable bonds is 10. The quantitative estimate of drug-likeness (QED) is 0.436. The van der Waals surface area contributed by atoms with Crippen LogP contribution in [-0.4, -0.2) is 35.5 Å². The van der Waals surface area contributed by atoms with Gasteiger partial charge in [-0.25, -0.2) is 16.8 Å². The normalized spacial score (nSPS) is 11.6. The van der Waals surface area contributed by atoms with Crippen LogP contribution in [0.3, 0.4) is 0 Å². The van der Waals surface area contributed by atoms with E-state index in [0.717, 1.165) is 11.8 Å². The van der Waals surface area contributed by atoms with E-state index in [-0.39, 0.29) is 23.8 Å². The largest absolute Gasteiger partial charge is 0.326 e. The minimum atomic E-state index is -3.77. The second kappa shape index (κ2) is 10.7. The van der Waals surface area contributed by atoms with E-state index in [9.17, 15) is 21.6 Å². The minimum Gasteiger partial charge on any atom is -0.326 e. The predicted octanol–water partition coefficient (Wildman–Crippen LogP) is 3.98. The second-order valence-corrected chi connectivity index (χ2v) is 11.4. The molecular weight excluding hydrogens is 474 g/mol. The first-order chi connectivity index (χ1) is 16.1. The van der Waals surface area contributed by atoms with Crippen molar-refractivity contribution >= 4 is 43.0 Å². The van der Waals surface area contributed by atoms with E-state index in [2.05, 4.69) is 10.0 Å². The summed E-state index contributed by atoms with van der Waals surface area (Å²) in [5, 5.41) is 2.71. The van der Waals surface area contributed by atoms with E-state index >= 15 is 0 Å². The van der Waals surface area contributed by atoms with Crippen LogP contribution >= 0.6 is 0 Å². The molecule has 8 nitrogen and oxygen atoms in total. The summed E-state index contributed by atoms with van der Waals surface area (Å²) in [5.74, 6) is -0.296. The van der Waals surface area contributed by atoms with Crippen molar-refractivity contribution in [2.75, 3.05) is 27.1 Å².